The fourth-order valence-corrected chi connectivity index (χ4v) is 1.89. The molecule has 0 fully saturated rings. The zero-order chi connectivity index (χ0) is 13.6. The molecule has 0 aromatic carbocycles. The largest absolute Gasteiger partial charge is 0.342 e. The van der Waals surface area contributed by atoms with Crippen molar-refractivity contribution in [3.05, 3.63) is 0 Å². The van der Waals surface area contributed by atoms with Crippen LogP contribution in [0.2, 0.25) is 0 Å². The summed E-state index contributed by atoms with van der Waals surface area (Å²) in [6, 6.07) is 0. The van der Waals surface area contributed by atoms with Gasteiger partial charge in [-0.15, -0.1) is 0 Å². The van der Waals surface area contributed by atoms with E-state index in [4.69, 9.17) is 5.73 Å². The molecular weight excluding hydrogens is 212 g/mol. The minimum Gasteiger partial charge on any atom is -0.342 e. The second-order valence-electron chi connectivity index (χ2n) is 6.12. The Kier molecular flexibility index (Phi) is 6.76. The maximum atomic E-state index is 12.5. The molecule has 0 heterocycles. The Morgan fingerprint density at radius 1 is 1.18 bits per heavy atom. The molecule has 2 N–H and O–H groups in total. The lowest BCUT2D eigenvalue weighted by atomic mass is 9.85. The molecular formula is C14H30N2O. The minimum absolute atomic E-state index is 0.213. The van der Waals surface area contributed by atoms with Crippen LogP contribution in [0.25, 0.3) is 0 Å². The van der Waals surface area contributed by atoms with Crippen LogP contribution in [0.3, 0.4) is 0 Å². The van der Waals surface area contributed by atoms with Crippen molar-refractivity contribution in [2.75, 3.05) is 19.6 Å². The van der Waals surface area contributed by atoms with E-state index in [0.717, 1.165) is 19.5 Å². The lowest BCUT2D eigenvalue weighted by Gasteiger charge is -2.35. The van der Waals surface area contributed by atoms with Gasteiger partial charge in [0.2, 0.25) is 5.91 Å². The third kappa shape index (κ3) is 5.07. The highest BCUT2D eigenvalue weighted by molar-refractivity contribution is 5.82. The Morgan fingerprint density at radius 2 is 1.59 bits per heavy atom. The van der Waals surface area contributed by atoms with Gasteiger partial charge in [-0.3, -0.25) is 4.79 Å². The summed E-state index contributed by atoms with van der Waals surface area (Å²) < 4.78 is 0. The van der Waals surface area contributed by atoms with Crippen LogP contribution in [0.4, 0.5) is 0 Å². The first-order chi connectivity index (χ1) is 7.76. The quantitative estimate of drug-likeness (QED) is 0.745. The molecule has 0 saturated heterocycles. The predicted octanol–water partition coefficient (Wildman–Crippen LogP) is 2.50. The van der Waals surface area contributed by atoms with Gasteiger partial charge in [-0.05, 0) is 25.2 Å². The monoisotopic (exact) mass is 242 g/mol. The van der Waals surface area contributed by atoms with Gasteiger partial charge < -0.3 is 10.6 Å². The SMILES string of the molecule is CCC(C)(CN)C(=O)N(CC(C)C)CC(C)C. The van der Waals surface area contributed by atoms with E-state index >= 15 is 0 Å². The Labute approximate surface area is 107 Å². The van der Waals surface area contributed by atoms with Gasteiger partial charge in [0.05, 0.1) is 5.41 Å². The van der Waals surface area contributed by atoms with Gasteiger partial charge in [0.1, 0.15) is 0 Å². The van der Waals surface area contributed by atoms with Gasteiger partial charge in [0, 0.05) is 19.6 Å². The first-order valence-corrected chi connectivity index (χ1v) is 6.76. The summed E-state index contributed by atoms with van der Waals surface area (Å²) in [4.78, 5) is 14.5. The van der Waals surface area contributed by atoms with E-state index in [0.29, 0.717) is 18.4 Å². The van der Waals surface area contributed by atoms with Gasteiger partial charge in [-0.2, -0.15) is 0 Å². The standard InChI is InChI=1S/C14H30N2O/c1-7-14(6,10-15)13(17)16(8-11(2)3)9-12(4)5/h11-12H,7-10,15H2,1-6H3. The Bertz CT molecular complexity index is 222. The maximum Gasteiger partial charge on any atom is 0.229 e. The average Bonchev–Trinajstić information content (AvgIpc) is 2.24. The van der Waals surface area contributed by atoms with Gasteiger partial charge in [-0.1, -0.05) is 34.6 Å². The van der Waals surface area contributed by atoms with E-state index in [9.17, 15) is 4.79 Å². The molecule has 0 spiro atoms. The summed E-state index contributed by atoms with van der Waals surface area (Å²) in [5.41, 5.74) is 5.37. The number of nitrogens with two attached hydrogens (primary N) is 1. The molecule has 1 amide bonds. The lowest BCUT2D eigenvalue weighted by molar-refractivity contribution is -0.142. The molecule has 0 aliphatic carbocycles. The average molecular weight is 242 g/mol. The smallest absolute Gasteiger partial charge is 0.229 e. The molecule has 1 atom stereocenters. The first kappa shape index (κ1) is 16.4. The topological polar surface area (TPSA) is 46.3 Å². The second-order valence-corrected chi connectivity index (χ2v) is 6.12. The van der Waals surface area contributed by atoms with Crippen LogP contribution in [0.5, 0.6) is 0 Å². The van der Waals surface area contributed by atoms with Gasteiger partial charge in [-0.25, -0.2) is 0 Å². The zero-order valence-corrected chi connectivity index (χ0v) is 12.4. The maximum absolute atomic E-state index is 12.5. The van der Waals surface area contributed by atoms with Crippen molar-refractivity contribution >= 4 is 5.91 Å². The van der Waals surface area contributed by atoms with Crippen LogP contribution in [0, 0.1) is 17.3 Å². The van der Waals surface area contributed by atoms with Crippen LogP contribution in [0.15, 0.2) is 0 Å². The van der Waals surface area contributed by atoms with Crippen LogP contribution >= 0.6 is 0 Å². The second kappa shape index (κ2) is 7.00. The molecule has 0 aromatic rings. The van der Waals surface area contributed by atoms with Crippen molar-refractivity contribution in [1.29, 1.82) is 0 Å². The third-order valence-electron chi connectivity index (χ3n) is 3.21. The summed E-state index contributed by atoms with van der Waals surface area (Å²) >= 11 is 0. The third-order valence-corrected chi connectivity index (χ3v) is 3.21. The number of hydrogen-bond acceptors (Lipinski definition) is 2. The predicted molar refractivity (Wildman–Crippen MR) is 73.7 cm³/mol. The van der Waals surface area contributed by atoms with Crippen LogP contribution < -0.4 is 5.73 Å². The number of amides is 1. The van der Waals surface area contributed by atoms with E-state index in [2.05, 4.69) is 27.7 Å². The fraction of sp³-hybridized carbons (Fsp3) is 0.929. The van der Waals surface area contributed by atoms with Gasteiger partial charge in [0.15, 0.2) is 0 Å². The molecule has 0 radical (unpaired) electrons. The van der Waals surface area contributed by atoms with E-state index in [1.54, 1.807) is 0 Å². The van der Waals surface area contributed by atoms with Crippen LogP contribution in [0.1, 0.15) is 48.0 Å². The van der Waals surface area contributed by atoms with E-state index < -0.39 is 5.41 Å². The molecule has 17 heavy (non-hydrogen) atoms. The van der Waals surface area contributed by atoms with Crippen molar-refractivity contribution in [2.45, 2.75) is 48.0 Å². The molecule has 0 aromatic heterocycles. The Hall–Kier alpha value is -0.570. The minimum atomic E-state index is -0.399. The normalized spacial score (nSPS) is 15.1. The fourth-order valence-electron chi connectivity index (χ4n) is 1.89. The molecule has 0 aliphatic heterocycles. The molecule has 0 rings (SSSR count). The number of rotatable bonds is 7. The molecule has 102 valence electrons. The summed E-state index contributed by atoms with van der Waals surface area (Å²) in [7, 11) is 0. The number of hydrogen-bond donors (Lipinski definition) is 1. The highest BCUT2D eigenvalue weighted by Gasteiger charge is 2.34. The highest BCUT2D eigenvalue weighted by Crippen LogP contribution is 2.23. The Morgan fingerprint density at radius 3 is 1.82 bits per heavy atom. The van der Waals surface area contributed by atoms with Crippen molar-refractivity contribution in [3.8, 4) is 0 Å². The van der Waals surface area contributed by atoms with E-state index in [1.807, 2.05) is 18.7 Å². The highest BCUT2D eigenvalue weighted by atomic mass is 16.2. The summed E-state index contributed by atoms with van der Waals surface area (Å²) in [6.07, 6.45) is 0.801. The van der Waals surface area contributed by atoms with Crippen LogP contribution in [-0.4, -0.2) is 30.4 Å². The Balaban J connectivity index is 4.84. The molecule has 1 unspecified atom stereocenters. The van der Waals surface area contributed by atoms with E-state index in [1.165, 1.54) is 0 Å². The van der Waals surface area contributed by atoms with Gasteiger partial charge >= 0.3 is 0 Å². The molecule has 0 bridgehead atoms. The number of carbonyl (C=O) groups is 1. The van der Waals surface area contributed by atoms with E-state index in [-0.39, 0.29) is 5.91 Å². The number of carbonyl (C=O) groups excluding carboxylic acids is 1. The molecule has 3 nitrogen and oxygen atoms in total. The summed E-state index contributed by atoms with van der Waals surface area (Å²) in [5, 5.41) is 0. The number of nitrogens with zero attached hydrogens (tertiary/aromatic N) is 1. The van der Waals surface area contributed by atoms with Gasteiger partial charge in [0.25, 0.3) is 0 Å². The lowest BCUT2D eigenvalue weighted by Crippen LogP contribution is -2.48. The van der Waals surface area contributed by atoms with Crippen molar-refractivity contribution in [3.63, 3.8) is 0 Å². The van der Waals surface area contributed by atoms with Crippen molar-refractivity contribution in [1.82, 2.24) is 4.90 Å². The first-order valence-electron chi connectivity index (χ1n) is 6.76. The van der Waals surface area contributed by atoms with Crippen molar-refractivity contribution in [2.24, 2.45) is 23.0 Å². The summed E-state index contributed by atoms with van der Waals surface area (Å²) in [6.45, 7) is 14.7. The van der Waals surface area contributed by atoms with Crippen LogP contribution in [-0.2, 0) is 4.79 Å². The summed E-state index contributed by atoms with van der Waals surface area (Å²) in [5.74, 6) is 1.21. The molecule has 3 heteroatoms. The molecule has 0 saturated carbocycles. The van der Waals surface area contributed by atoms with Crippen molar-refractivity contribution < 1.29 is 4.79 Å². The molecule has 0 aliphatic rings. The zero-order valence-electron chi connectivity index (χ0n) is 12.4.